The summed E-state index contributed by atoms with van der Waals surface area (Å²) in [5.74, 6) is 1.23. The highest BCUT2D eigenvalue weighted by atomic mass is 14.6. The lowest BCUT2D eigenvalue weighted by Gasteiger charge is -2.23. The first-order valence-corrected chi connectivity index (χ1v) is 5.82. The van der Waals surface area contributed by atoms with Crippen molar-refractivity contribution in [2.45, 2.75) is 40.2 Å². The topological polar surface area (TPSA) is 26.0 Å². The highest BCUT2D eigenvalue weighted by Gasteiger charge is 2.16. The van der Waals surface area contributed by atoms with E-state index in [1.807, 2.05) is 0 Å². The number of aryl methyl sites for hydroxylation is 1. The van der Waals surface area contributed by atoms with Crippen LogP contribution in [0, 0.1) is 18.8 Å². The highest BCUT2D eigenvalue weighted by Crippen LogP contribution is 2.16. The lowest BCUT2D eigenvalue weighted by atomic mass is 9.87. The molecule has 0 spiro atoms. The Bertz CT molecular complexity index is 287. The van der Waals surface area contributed by atoms with Crippen LogP contribution in [-0.4, -0.2) is 6.04 Å². The van der Waals surface area contributed by atoms with E-state index < -0.39 is 0 Å². The Kier molecular flexibility index (Phi) is 4.34. The van der Waals surface area contributed by atoms with Crippen molar-refractivity contribution in [1.29, 1.82) is 0 Å². The number of nitrogens with two attached hydrogens (primary N) is 1. The van der Waals surface area contributed by atoms with Crippen LogP contribution in [0.5, 0.6) is 0 Å². The molecule has 0 radical (unpaired) electrons. The quantitative estimate of drug-likeness (QED) is 0.803. The second-order valence-corrected chi connectivity index (χ2v) is 4.96. The first kappa shape index (κ1) is 12.3. The summed E-state index contributed by atoms with van der Waals surface area (Å²) in [6.07, 6.45) is 0.986. The largest absolute Gasteiger partial charge is 0.327 e. The van der Waals surface area contributed by atoms with Gasteiger partial charge in [-0.3, -0.25) is 0 Å². The summed E-state index contributed by atoms with van der Waals surface area (Å²) in [6, 6.07) is 8.95. The van der Waals surface area contributed by atoms with E-state index in [-0.39, 0.29) is 6.04 Å². The standard InChI is InChI=1S/C14H23N/c1-10(2)12(4)14(15)9-13-7-5-11(3)6-8-13/h5-8,10,12,14H,9,15H2,1-4H3. The van der Waals surface area contributed by atoms with Gasteiger partial charge in [0.1, 0.15) is 0 Å². The minimum atomic E-state index is 0.271. The van der Waals surface area contributed by atoms with Crippen molar-refractivity contribution >= 4 is 0 Å². The number of hydrogen-bond acceptors (Lipinski definition) is 1. The van der Waals surface area contributed by atoms with Crippen LogP contribution < -0.4 is 5.73 Å². The first-order valence-electron chi connectivity index (χ1n) is 5.82. The summed E-state index contributed by atoms with van der Waals surface area (Å²) in [4.78, 5) is 0. The number of rotatable bonds is 4. The summed E-state index contributed by atoms with van der Waals surface area (Å²) >= 11 is 0. The Morgan fingerprint density at radius 3 is 2.07 bits per heavy atom. The molecular formula is C14H23N. The summed E-state index contributed by atoms with van der Waals surface area (Å²) in [5, 5.41) is 0. The van der Waals surface area contributed by atoms with Gasteiger partial charge < -0.3 is 5.73 Å². The van der Waals surface area contributed by atoms with Gasteiger partial charge in [0.25, 0.3) is 0 Å². The molecule has 1 aromatic rings. The van der Waals surface area contributed by atoms with Gasteiger partial charge >= 0.3 is 0 Å². The fraction of sp³-hybridized carbons (Fsp3) is 0.571. The first-order chi connectivity index (χ1) is 7.00. The van der Waals surface area contributed by atoms with Gasteiger partial charge in [-0.05, 0) is 30.7 Å². The maximum Gasteiger partial charge on any atom is 0.0108 e. The Balaban J connectivity index is 2.58. The minimum Gasteiger partial charge on any atom is -0.327 e. The summed E-state index contributed by atoms with van der Waals surface area (Å²) in [5.41, 5.74) is 8.85. The normalized spacial score (nSPS) is 15.3. The smallest absolute Gasteiger partial charge is 0.0108 e. The third-order valence-corrected chi connectivity index (χ3v) is 3.32. The molecule has 1 heteroatoms. The molecule has 0 aliphatic carbocycles. The lowest BCUT2D eigenvalue weighted by molar-refractivity contribution is 0.344. The van der Waals surface area contributed by atoms with Crippen LogP contribution in [0.3, 0.4) is 0 Å². The zero-order valence-electron chi connectivity index (χ0n) is 10.3. The molecule has 1 nitrogen and oxygen atoms in total. The van der Waals surface area contributed by atoms with Crippen LogP contribution in [0.25, 0.3) is 0 Å². The summed E-state index contributed by atoms with van der Waals surface area (Å²) < 4.78 is 0. The zero-order chi connectivity index (χ0) is 11.4. The van der Waals surface area contributed by atoms with Crippen molar-refractivity contribution in [2.24, 2.45) is 17.6 Å². The molecule has 0 fully saturated rings. The SMILES string of the molecule is Cc1ccc(CC(N)C(C)C(C)C)cc1. The summed E-state index contributed by atoms with van der Waals surface area (Å²) in [6.45, 7) is 8.82. The summed E-state index contributed by atoms with van der Waals surface area (Å²) in [7, 11) is 0. The fourth-order valence-corrected chi connectivity index (χ4v) is 1.68. The number of benzene rings is 1. The van der Waals surface area contributed by atoms with Crippen LogP contribution in [-0.2, 0) is 6.42 Å². The van der Waals surface area contributed by atoms with E-state index in [4.69, 9.17) is 5.73 Å². The van der Waals surface area contributed by atoms with Gasteiger partial charge in [0, 0.05) is 6.04 Å². The lowest BCUT2D eigenvalue weighted by Crippen LogP contribution is -2.33. The van der Waals surface area contributed by atoms with Crippen molar-refractivity contribution in [3.63, 3.8) is 0 Å². The second kappa shape index (κ2) is 5.32. The van der Waals surface area contributed by atoms with Crippen molar-refractivity contribution in [1.82, 2.24) is 0 Å². The molecule has 15 heavy (non-hydrogen) atoms. The van der Waals surface area contributed by atoms with E-state index in [1.165, 1.54) is 11.1 Å². The molecule has 0 saturated heterocycles. The average molecular weight is 205 g/mol. The molecule has 2 unspecified atom stereocenters. The van der Waals surface area contributed by atoms with Crippen LogP contribution in [0.1, 0.15) is 31.9 Å². The van der Waals surface area contributed by atoms with Gasteiger partial charge in [0.15, 0.2) is 0 Å². The van der Waals surface area contributed by atoms with E-state index in [2.05, 4.69) is 52.0 Å². The zero-order valence-corrected chi connectivity index (χ0v) is 10.3. The third-order valence-electron chi connectivity index (χ3n) is 3.32. The predicted molar refractivity (Wildman–Crippen MR) is 66.9 cm³/mol. The van der Waals surface area contributed by atoms with E-state index in [0.717, 1.165) is 6.42 Å². The fourth-order valence-electron chi connectivity index (χ4n) is 1.68. The molecular weight excluding hydrogens is 182 g/mol. The van der Waals surface area contributed by atoms with Gasteiger partial charge in [-0.2, -0.15) is 0 Å². The van der Waals surface area contributed by atoms with E-state index >= 15 is 0 Å². The predicted octanol–water partition coefficient (Wildman–Crippen LogP) is 3.16. The van der Waals surface area contributed by atoms with E-state index in [9.17, 15) is 0 Å². The highest BCUT2D eigenvalue weighted by molar-refractivity contribution is 5.22. The molecule has 1 aromatic carbocycles. The van der Waals surface area contributed by atoms with Crippen LogP contribution in [0.2, 0.25) is 0 Å². The Labute approximate surface area is 93.7 Å². The molecule has 0 aromatic heterocycles. The molecule has 1 rings (SSSR count). The Hall–Kier alpha value is -0.820. The molecule has 0 bridgehead atoms. The number of hydrogen-bond donors (Lipinski definition) is 1. The molecule has 0 heterocycles. The molecule has 0 saturated carbocycles. The molecule has 0 aliphatic rings. The van der Waals surface area contributed by atoms with Gasteiger partial charge in [-0.1, -0.05) is 50.6 Å². The van der Waals surface area contributed by atoms with Crippen molar-refractivity contribution in [3.8, 4) is 0 Å². The van der Waals surface area contributed by atoms with Gasteiger partial charge in [0.05, 0.1) is 0 Å². The Morgan fingerprint density at radius 1 is 1.07 bits per heavy atom. The maximum absolute atomic E-state index is 6.19. The maximum atomic E-state index is 6.19. The second-order valence-electron chi connectivity index (χ2n) is 4.96. The third kappa shape index (κ3) is 3.67. The molecule has 0 amide bonds. The Morgan fingerprint density at radius 2 is 1.60 bits per heavy atom. The van der Waals surface area contributed by atoms with Crippen LogP contribution in [0.4, 0.5) is 0 Å². The van der Waals surface area contributed by atoms with Gasteiger partial charge in [0.2, 0.25) is 0 Å². The average Bonchev–Trinajstić information content (AvgIpc) is 2.20. The van der Waals surface area contributed by atoms with E-state index in [0.29, 0.717) is 11.8 Å². The van der Waals surface area contributed by atoms with Crippen LogP contribution >= 0.6 is 0 Å². The van der Waals surface area contributed by atoms with Crippen LogP contribution in [0.15, 0.2) is 24.3 Å². The van der Waals surface area contributed by atoms with Crippen molar-refractivity contribution < 1.29 is 0 Å². The molecule has 0 aliphatic heterocycles. The molecule has 84 valence electrons. The van der Waals surface area contributed by atoms with E-state index in [1.54, 1.807) is 0 Å². The van der Waals surface area contributed by atoms with Crippen molar-refractivity contribution in [3.05, 3.63) is 35.4 Å². The van der Waals surface area contributed by atoms with Gasteiger partial charge in [-0.15, -0.1) is 0 Å². The monoisotopic (exact) mass is 205 g/mol. The van der Waals surface area contributed by atoms with Crippen molar-refractivity contribution in [2.75, 3.05) is 0 Å². The minimum absolute atomic E-state index is 0.271. The molecule has 2 N–H and O–H groups in total. The van der Waals surface area contributed by atoms with Gasteiger partial charge in [-0.25, -0.2) is 0 Å². The molecule has 2 atom stereocenters.